The molecule has 1 aliphatic heterocycles. The maximum atomic E-state index is 12.4. The van der Waals surface area contributed by atoms with Crippen LogP contribution in [0.3, 0.4) is 0 Å². The van der Waals surface area contributed by atoms with Gasteiger partial charge in [0.1, 0.15) is 0 Å². The molecule has 1 heterocycles. The minimum atomic E-state index is -0.205. The van der Waals surface area contributed by atoms with E-state index in [0.29, 0.717) is 5.69 Å². The Morgan fingerprint density at radius 2 is 1.63 bits per heavy atom. The lowest BCUT2D eigenvalue weighted by molar-refractivity contribution is -0.155. The van der Waals surface area contributed by atoms with Crippen LogP contribution in [-0.2, 0) is 9.59 Å². The van der Waals surface area contributed by atoms with Crippen LogP contribution in [0.1, 0.15) is 37.8 Å². The van der Waals surface area contributed by atoms with Crippen LogP contribution in [0.4, 0.5) is 5.69 Å². The monoisotopic (exact) mass is 258 g/mol. The number of anilines is 1. The Morgan fingerprint density at radius 1 is 1.11 bits per heavy atom. The van der Waals surface area contributed by atoms with Crippen molar-refractivity contribution in [3.8, 4) is 0 Å². The van der Waals surface area contributed by atoms with Gasteiger partial charge in [-0.25, -0.2) is 0 Å². The number of carbonyl (C=O) groups excluding carboxylic acids is 2. The number of imide groups is 1. The topological polar surface area (TPSA) is 63.4 Å². The van der Waals surface area contributed by atoms with Crippen LogP contribution >= 0.6 is 0 Å². The van der Waals surface area contributed by atoms with Crippen LogP contribution in [0.5, 0.6) is 0 Å². The van der Waals surface area contributed by atoms with Crippen LogP contribution in [-0.4, -0.2) is 16.7 Å². The highest BCUT2D eigenvalue weighted by molar-refractivity contribution is 6.01. The number of carbonyl (C=O) groups is 2. The molecule has 1 saturated heterocycles. The maximum Gasteiger partial charge on any atom is 0.232 e. The molecule has 1 aromatic carbocycles. The summed E-state index contributed by atoms with van der Waals surface area (Å²) in [5.74, 6) is 0.115. The lowest BCUT2D eigenvalue weighted by Crippen LogP contribution is -2.47. The van der Waals surface area contributed by atoms with E-state index in [1.54, 1.807) is 12.1 Å². The van der Waals surface area contributed by atoms with Gasteiger partial charge in [0.2, 0.25) is 11.8 Å². The van der Waals surface area contributed by atoms with E-state index in [0.717, 1.165) is 24.8 Å². The van der Waals surface area contributed by atoms with Gasteiger partial charge in [-0.3, -0.25) is 14.5 Å². The molecule has 2 bridgehead atoms. The summed E-state index contributed by atoms with van der Waals surface area (Å²) in [7, 11) is 0. The molecule has 4 nitrogen and oxygen atoms in total. The Hall–Kier alpha value is -1.84. The van der Waals surface area contributed by atoms with E-state index in [-0.39, 0.29) is 29.7 Å². The van der Waals surface area contributed by atoms with E-state index in [1.807, 2.05) is 19.1 Å². The molecule has 2 aliphatic rings. The standard InChI is InChI=1S/C15H18N2O2/c1-9(10-4-6-13(16)7-5-10)17-14(18)11-2-3-12(8-11)15(17)19/h4-7,9,11-12H,2-3,8,16H2,1H3. The van der Waals surface area contributed by atoms with Gasteiger partial charge in [-0.05, 0) is 43.9 Å². The maximum absolute atomic E-state index is 12.4. The molecule has 2 N–H and O–H groups in total. The predicted octanol–water partition coefficient (Wildman–Crippen LogP) is 2.11. The number of nitrogens with two attached hydrogens (primary N) is 1. The van der Waals surface area contributed by atoms with Crippen molar-refractivity contribution >= 4 is 17.5 Å². The van der Waals surface area contributed by atoms with Crippen molar-refractivity contribution in [1.82, 2.24) is 4.90 Å². The number of fused-ring (bicyclic) bond motifs is 2. The molecule has 19 heavy (non-hydrogen) atoms. The summed E-state index contributed by atoms with van der Waals surface area (Å²) >= 11 is 0. The predicted molar refractivity (Wildman–Crippen MR) is 72.0 cm³/mol. The lowest BCUT2D eigenvalue weighted by Gasteiger charge is -2.34. The molecule has 1 saturated carbocycles. The Morgan fingerprint density at radius 3 is 2.16 bits per heavy atom. The Labute approximate surface area is 112 Å². The number of benzene rings is 1. The summed E-state index contributed by atoms with van der Waals surface area (Å²) in [5, 5.41) is 0. The van der Waals surface area contributed by atoms with Gasteiger partial charge in [0.25, 0.3) is 0 Å². The van der Waals surface area contributed by atoms with Crippen molar-refractivity contribution in [2.45, 2.75) is 32.2 Å². The molecule has 3 atom stereocenters. The van der Waals surface area contributed by atoms with Crippen molar-refractivity contribution in [2.75, 3.05) is 5.73 Å². The van der Waals surface area contributed by atoms with E-state index >= 15 is 0 Å². The highest BCUT2D eigenvalue weighted by Gasteiger charge is 2.46. The zero-order chi connectivity index (χ0) is 13.6. The molecule has 0 spiro atoms. The Balaban J connectivity index is 1.90. The Bertz CT molecular complexity index is 501. The number of hydrogen-bond acceptors (Lipinski definition) is 3. The third kappa shape index (κ3) is 1.91. The molecular formula is C15H18N2O2. The van der Waals surface area contributed by atoms with Gasteiger partial charge in [0.15, 0.2) is 0 Å². The zero-order valence-electron chi connectivity index (χ0n) is 11.0. The highest BCUT2D eigenvalue weighted by Crippen LogP contribution is 2.41. The van der Waals surface area contributed by atoms with Gasteiger partial charge in [0, 0.05) is 17.5 Å². The van der Waals surface area contributed by atoms with E-state index in [4.69, 9.17) is 5.73 Å². The molecule has 3 unspecified atom stereocenters. The van der Waals surface area contributed by atoms with Crippen LogP contribution in [0, 0.1) is 11.8 Å². The molecule has 100 valence electrons. The van der Waals surface area contributed by atoms with E-state index < -0.39 is 0 Å². The fourth-order valence-corrected chi connectivity index (χ4v) is 3.24. The number of hydrogen-bond donors (Lipinski definition) is 1. The first-order valence-electron chi connectivity index (χ1n) is 6.80. The first kappa shape index (κ1) is 12.2. The molecule has 2 amide bonds. The van der Waals surface area contributed by atoms with Crippen molar-refractivity contribution in [3.63, 3.8) is 0 Å². The number of nitrogens with zero attached hydrogens (tertiary/aromatic N) is 1. The number of piperidine rings is 1. The van der Waals surface area contributed by atoms with Crippen LogP contribution < -0.4 is 5.73 Å². The average Bonchev–Trinajstić information content (AvgIpc) is 2.84. The van der Waals surface area contributed by atoms with E-state index in [9.17, 15) is 9.59 Å². The first-order chi connectivity index (χ1) is 9.08. The SMILES string of the molecule is CC(c1ccc(N)cc1)N1C(=O)C2CCC(C2)C1=O. The van der Waals surface area contributed by atoms with Crippen molar-refractivity contribution in [2.24, 2.45) is 11.8 Å². The first-order valence-corrected chi connectivity index (χ1v) is 6.80. The molecular weight excluding hydrogens is 240 g/mol. The lowest BCUT2D eigenvalue weighted by atomic mass is 9.94. The largest absolute Gasteiger partial charge is 0.399 e. The number of likely N-dealkylation sites (tertiary alicyclic amines) is 1. The quantitative estimate of drug-likeness (QED) is 0.652. The van der Waals surface area contributed by atoms with Crippen LogP contribution in [0.2, 0.25) is 0 Å². The summed E-state index contributed by atoms with van der Waals surface area (Å²) in [5.41, 5.74) is 7.31. The fraction of sp³-hybridized carbons (Fsp3) is 0.467. The highest BCUT2D eigenvalue weighted by atomic mass is 16.2. The van der Waals surface area contributed by atoms with E-state index in [2.05, 4.69) is 0 Å². The molecule has 2 fully saturated rings. The van der Waals surface area contributed by atoms with Crippen molar-refractivity contribution in [1.29, 1.82) is 0 Å². The molecule has 4 heteroatoms. The third-order valence-electron chi connectivity index (χ3n) is 4.41. The number of rotatable bonds is 2. The van der Waals surface area contributed by atoms with E-state index in [1.165, 1.54) is 4.90 Å². The van der Waals surface area contributed by atoms with Crippen molar-refractivity contribution in [3.05, 3.63) is 29.8 Å². The summed E-state index contributed by atoms with van der Waals surface area (Å²) in [6, 6.07) is 7.18. The second-order valence-electron chi connectivity index (χ2n) is 5.60. The molecule has 3 rings (SSSR count). The zero-order valence-corrected chi connectivity index (χ0v) is 11.0. The van der Waals surface area contributed by atoms with Crippen LogP contribution in [0.15, 0.2) is 24.3 Å². The molecule has 1 aliphatic carbocycles. The number of amides is 2. The summed E-state index contributed by atoms with van der Waals surface area (Å²) in [4.78, 5) is 26.2. The minimum Gasteiger partial charge on any atom is -0.399 e. The molecule has 0 aromatic heterocycles. The summed E-state index contributed by atoms with van der Waals surface area (Å²) < 4.78 is 0. The Kier molecular flexibility index (Phi) is 2.81. The molecule has 0 radical (unpaired) electrons. The second kappa shape index (κ2) is 4.37. The normalized spacial score (nSPS) is 27.7. The summed E-state index contributed by atoms with van der Waals surface area (Å²) in [6.07, 6.45) is 2.48. The van der Waals surface area contributed by atoms with Gasteiger partial charge in [-0.2, -0.15) is 0 Å². The summed E-state index contributed by atoms with van der Waals surface area (Å²) in [6.45, 7) is 1.91. The average molecular weight is 258 g/mol. The van der Waals surface area contributed by atoms with Gasteiger partial charge in [-0.15, -0.1) is 0 Å². The number of nitrogen functional groups attached to an aromatic ring is 1. The van der Waals surface area contributed by atoms with Gasteiger partial charge >= 0.3 is 0 Å². The third-order valence-corrected chi connectivity index (χ3v) is 4.41. The molecule has 1 aromatic rings. The minimum absolute atomic E-state index is 0.00285. The van der Waals surface area contributed by atoms with Gasteiger partial charge in [-0.1, -0.05) is 12.1 Å². The van der Waals surface area contributed by atoms with Gasteiger partial charge < -0.3 is 5.73 Å². The second-order valence-corrected chi connectivity index (χ2v) is 5.60. The van der Waals surface area contributed by atoms with Gasteiger partial charge in [0.05, 0.1) is 6.04 Å². The smallest absolute Gasteiger partial charge is 0.232 e. The van der Waals surface area contributed by atoms with Crippen LogP contribution in [0.25, 0.3) is 0 Å². The fourth-order valence-electron chi connectivity index (χ4n) is 3.24. The van der Waals surface area contributed by atoms with Crippen molar-refractivity contribution < 1.29 is 9.59 Å².